The van der Waals surface area contributed by atoms with Crippen molar-refractivity contribution >= 4 is 46.8 Å². The van der Waals surface area contributed by atoms with E-state index in [4.69, 9.17) is 40.5 Å². The number of hydrogen-bond acceptors (Lipinski definition) is 8. The van der Waals surface area contributed by atoms with Gasteiger partial charge >= 0.3 is 6.01 Å². The summed E-state index contributed by atoms with van der Waals surface area (Å²) in [6.45, 7) is 8.15. The third-order valence-electron chi connectivity index (χ3n) is 7.33. The Balaban J connectivity index is 1.32. The molecule has 2 fully saturated rings. The summed E-state index contributed by atoms with van der Waals surface area (Å²) in [7, 11) is -1.29. The number of aromatic nitrogens is 4. The van der Waals surface area contributed by atoms with Gasteiger partial charge in [0, 0.05) is 36.5 Å². The number of nitrogens with zero attached hydrogens (tertiary/aromatic N) is 4. The minimum Gasteiger partial charge on any atom is -0.456 e. The fourth-order valence-electron chi connectivity index (χ4n) is 5.04. The van der Waals surface area contributed by atoms with E-state index in [1.807, 2.05) is 12.1 Å². The lowest BCUT2D eigenvalue weighted by Crippen LogP contribution is -2.35. The summed E-state index contributed by atoms with van der Waals surface area (Å²) in [6, 6.07) is 11.7. The van der Waals surface area contributed by atoms with Crippen LogP contribution >= 0.6 is 27.5 Å². The quantitative estimate of drug-likeness (QED) is 0.172. The van der Waals surface area contributed by atoms with Crippen LogP contribution in [0.3, 0.4) is 0 Å². The fraction of sp³-hybridized carbons (Fsp3) is 0.414. The van der Waals surface area contributed by atoms with Crippen LogP contribution in [0.5, 0.6) is 6.01 Å². The van der Waals surface area contributed by atoms with Gasteiger partial charge < -0.3 is 24.1 Å². The molecule has 5 heterocycles. The van der Waals surface area contributed by atoms with Crippen LogP contribution in [0.4, 0.5) is 4.39 Å². The van der Waals surface area contributed by atoms with Crippen molar-refractivity contribution in [3.63, 3.8) is 0 Å². The molecule has 4 aromatic rings. The lowest BCUT2D eigenvalue weighted by atomic mass is 10.1. The van der Waals surface area contributed by atoms with E-state index < -0.39 is 38.3 Å². The van der Waals surface area contributed by atoms with E-state index in [-0.39, 0.29) is 25.6 Å². The molecular formula is C29H31BrClFN4O5Si. The lowest BCUT2D eigenvalue weighted by molar-refractivity contribution is 0.00336. The highest BCUT2D eigenvalue weighted by Gasteiger charge is 2.49. The second-order valence-corrected chi connectivity index (χ2v) is 18.7. The molecule has 0 aliphatic carbocycles. The van der Waals surface area contributed by atoms with E-state index in [1.165, 1.54) is 6.07 Å². The minimum absolute atomic E-state index is 0.184. The van der Waals surface area contributed by atoms with Crippen molar-refractivity contribution in [3.05, 3.63) is 57.9 Å². The van der Waals surface area contributed by atoms with Gasteiger partial charge in [0.1, 0.15) is 36.3 Å². The van der Waals surface area contributed by atoms with Crippen molar-refractivity contribution in [2.45, 2.75) is 56.8 Å². The maximum absolute atomic E-state index is 14.5. The molecule has 222 valence electrons. The summed E-state index contributed by atoms with van der Waals surface area (Å²) < 4.78 is 40.7. The molecule has 13 heteroatoms. The summed E-state index contributed by atoms with van der Waals surface area (Å²) in [5, 5.41) is 10.6. The Morgan fingerprint density at radius 1 is 1.07 bits per heavy atom. The van der Waals surface area contributed by atoms with E-state index in [9.17, 15) is 9.50 Å². The number of fused-ring (bicyclic) bond motifs is 2. The summed E-state index contributed by atoms with van der Waals surface area (Å²) in [6.07, 6.45) is -0.386. The van der Waals surface area contributed by atoms with Crippen LogP contribution in [0.15, 0.2) is 47.1 Å². The Morgan fingerprint density at radius 3 is 2.50 bits per heavy atom. The van der Waals surface area contributed by atoms with E-state index in [0.717, 1.165) is 11.6 Å². The van der Waals surface area contributed by atoms with E-state index >= 15 is 0 Å². The number of benzene rings is 1. The number of rotatable bonds is 9. The maximum Gasteiger partial charge on any atom is 0.301 e. The molecule has 42 heavy (non-hydrogen) atoms. The molecule has 9 nitrogen and oxygen atoms in total. The highest BCUT2D eigenvalue weighted by molar-refractivity contribution is 9.10. The molecule has 2 aliphatic rings. The van der Waals surface area contributed by atoms with Gasteiger partial charge in [-0.05, 0) is 34.1 Å². The van der Waals surface area contributed by atoms with Gasteiger partial charge in [0.15, 0.2) is 17.6 Å². The van der Waals surface area contributed by atoms with Crippen molar-refractivity contribution in [2.24, 2.45) is 0 Å². The zero-order chi connectivity index (χ0) is 29.6. The number of pyridine rings is 2. The topological polar surface area (TPSA) is 101 Å². The van der Waals surface area contributed by atoms with Gasteiger partial charge in [-0.3, -0.25) is 9.55 Å². The van der Waals surface area contributed by atoms with Gasteiger partial charge in [-0.15, -0.1) is 0 Å². The maximum atomic E-state index is 14.5. The molecule has 1 unspecified atom stereocenters. The predicted molar refractivity (Wildman–Crippen MR) is 163 cm³/mol. The molecule has 0 spiro atoms. The number of hydrogen-bond donors (Lipinski definition) is 1. The van der Waals surface area contributed by atoms with Crippen molar-refractivity contribution in [2.75, 3.05) is 19.8 Å². The SMILES string of the molecule is C[Si](C)(C)CCOCn1c(O[C@@H]2CO[C@H]3C2OC[C@H]3O)nc2cc(Cl)c(-c3ccc(-c4ncc(Br)cc4F)cc3)nc21. The molecule has 0 radical (unpaired) electrons. The second kappa shape index (κ2) is 11.9. The first-order valence-corrected chi connectivity index (χ1v) is 18.6. The second-order valence-electron chi connectivity index (χ2n) is 11.7. The van der Waals surface area contributed by atoms with Crippen LogP contribution in [-0.4, -0.2) is 76.9 Å². The first-order valence-electron chi connectivity index (χ1n) is 13.7. The molecule has 0 amide bonds. The van der Waals surface area contributed by atoms with E-state index in [1.54, 1.807) is 29.0 Å². The van der Waals surface area contributed by atoms with Crippen LogP contribution in [-0.2, 0) is 20.9 Å². The highest BCUT2D eigenvalue weighted by atomic mass is 79.9. The Bertz CT molecular complexity index is 1600. The van der Waals surface area contributed by atoms with Gasteiger partial charge in [-0.2, -0.15) is 4.98 Å². The molecule has 1 aromatic carbocycles. The fourth-order valence-corrected chi connectivity index (χ4v) is 6.36. The van der Waals surface area contributed by atoms with Crippen molar-refractivity contribution in [3.8, 4) is 28.5 Å². The Morgan fingerprint density at radius 2 is 1.79 bits per heavy atom. The van der Waals surface area contributed by atoms with Crippen LogP contribution in [0.1, 0.15) is 0 Å². The molecule has 3 aromatic heterocycles. The van der Waals surface area contributed by atoms with Crippen LogP contribution < -0.4 is 4.74 Å². The Kier molecular flexibility index (Phi) is 8.40. The van der Waals surface area contributed by atoms with Gasteiger partial charge in [0.2, 0.25) is 0 Å². The summed E-state index contributed by atoms with van der Waals surface area (Å²) in [5.74, 6) is -0.420. The molecule has 0 bridgehead atoms. The first-order chi connectivity index (χ1) is 20.1. The first kappa shape index (κ1) is 29.6. The number of imidazole rings is 1. The van der Waals surface area contributed by atoms with Gasteiger partial charge in [-0.25, -0.2) is 9.37 Å². The van der Waals surface area contributed by atoms with Crippen LogP contribution in [0.2, 0.25) is 30.7 Å². The number of ether oxygens (including phenoxy) is 4. The van der Waals surface area contributed by atoms with Crippen molar-refractivity contribution in [1.82, 2.24) is 19.5 Å². The Hall–Kier alpha value is -2.45. The molecule has 2 saturated heterocycles. The zero-order valence-corrected chi connectivity index (χ0v) is 26.7. The van der Waals surface area contributed by atoms with E-state index in [2.05, 4.69) is 40.6 Å². The van der Waals surface area contributed by atoms with Crippen LogP contribution in [0, 0.1) is 5.82 Å². The number of aliphatic hydroxyl groups is 1. The zero-order valence-electron chi connectivity index (χ0n) is 23.4. The monoisotopic (exact) mass is 676 g/mol. The summed E-state index contributed by atoms with van der Waals surface area (Å²) in [5.41, 5.74) is 3.28. The van der Waals surface area contributed by atoms with E-state index in [0.29, 0.717) is 44.5 Å². The average molecular weight is 678 g/mol. The molecule has 2 aliphatic heterocycles. The summed E-state index contributed by atoms with van der Waals surface area (Å²) >= 11 is 9.95. The smallest absolute Gasteiger partial charge is 0.301 e. The number of aliphatic hydroxyl groups excluding tert-OH is 1. The minimum atomic E-state index is -1.29. The van der Waals surface area contributed by atoms with Crippen molar-refractivity contribution < 1.29 is 28.4 Å². The molecule has 0 saturated carbocycles. The average Bonchev–Trinajstić information content (AvgIpc) is 3.61. The third-order valence-corrected chi connectivity index (χ3v) is 9.76. The van der Waals surface area contributed by atoms with Gasteiger partial charge in [-0.1, -0.05) is 55.5 Å². The normalized spacial score (nSPS) is 22.2. The van der Waals surface area contributed by atoms with Gasteiger partial charge in [0.05, 0.1) is 23.9 Å². The predicted octanol–water partition coefficient (Wildman–Crippen LogP) is 5.93. The third kappa shape index (κ3) is 6.12. The number of halogens is 3. The Labute approximate surface area is 257 Å². The van der Waals surface area contributed by atoms with Gasteiger partial charge in [0.25, 0.3) is 0 Å². The van der Waals surface area contributed by atoms with Crippen LogP contribution in [0.25, 0.3) is 33.7 Å². The standard InChI is InChI=1S/C29H31BrClFN4O5Si/c1-42(2,3)9-8-38-15-36-28-21(34-29(36)41-23-14-40-26-22(37)13-39-27(23)26)11-19(31)24(35-28)16-4-6-17(7-5-16)25-20(32)10-18(30)12-33-25/h4-7,10-12,22-23,26-27,37H,8-9,13-15H2,1-3H3/t22-,23-,26-,27?/m1/s1. The molecule has 4 atom stereocenters. The summed E-state index contributed by atoms with van der Waals surface area (Å²) in [4.78, 5) is 13.8. The lowest BCUT2D eigenvalue weighted by Gasteiger charge is -2.19. The molecular weight excluding hydrogens is 647 g/mol. The molecule has 1 N–H and O–H groups in total. The highest BCUT2D eigenvalue weighted by Crippen LogP contribution is 2.35. The van der Waals surface area contributed by atoms with Crippen molar-refractivity contribution in [1.29, 1.82) is 0 Å². The largest absolute Gasteiger partial charge is 0.456 e. The molecule has 6 rings (SSSR count).